The van der Waals surface area contributed by atoms with Crippen molar-refractivity contribution in [1.29, 1.82) is 0 Å². The zero-order valence-electron chi connectivity index (χ0n) is 11.3. The molecule has 0 aliphatic carbocycles. The van der Waals surface area contributed by atoms with Crippen molar-refractivity contribution in [1.82, 2.24) is 10.1 Å². The predicted octanol–water partition coefficient (Wildman–Crippen LogP) is 3.12. The van der Waals surface area contributed by atoms with Gasteiger partial charge in [0.15, 0.2) is 0 Å². The third kappa shape index (κ3) is 1.66. The van der Waals surface area contributed by atoms with Crippen molar-refractivity contribution in [2.24, 2.45) is 10.1 Å². The lowest BCUT2D eigenvalue weighted by atomic mass is 10.0. The van der Waals surface area contributed by atoms with Gasteiger partial charge in [-0.2, -0.15) is 10.1 Å². The Kier molecular flexibility index (Phi) is 2.59. The second-order valence-corrected chi connectivity index (χ2v) is 6.61. The average Bonchev–Trinajstić information content (AvgIpc) is 3.20. The minimum Gasteiger partial charge on any atom is -0.170 e. The minimum atomic E-state index is -0.0916. The molecule has 0 N–H and O–H groups in total. The van der Waals surface area contributed by atoms with E-state index in [4.69, 9.17) is 0 Å². The second kappa shape index (κ2) is 4.62. The van der Waals surface area contributed by atoms with Crippen LogP contribution in [0.25, 0.3) is 10.8 Å². The molecule has 2 aromatic carbocycles. The molecular formula is C15H10N5S2+. The van der Waals surface area contributed by atoms with Crippen LogP contribution < -0.4 is 4.68 Å². The van der Waals surface area contributed by atoms with E-state index in [1.54, 1.807) is 23.1 Å². The van der Waals surface area contributed by atoms with E-state index in [0.717, 1.165) is 10.3 Å². The molecule has 22 heavy (non-hydrogen) atoms. The fourth-order valence-electron chi connectivity index (χ4n) is 2.86. The monoisotopic (exact) mass is 324 g/mol. The molecule has 2 aliphatic rings. The normalized spacial score (nSPS) is 19.2. The van der Waals surface area contributed by atoms with Gasteiger partial charge in [-0.1, -0.05) is 52.2 Å². The maximum absolute atomic E-state index is 4.62. The highest BCUT2D eigenvalue weighted by Crippen LogP contribution is 2.35. The van der Waals surface area contributed by atoms with Crippen LogP contribution in [0.2, 0.25) is 0 Å². The number of hydrogen-bond donors (Lipinski definition) is 0. The van der Waals surface area contributed by atoms with Gasteiger partial charge in [-0.15, -0.1) is 0 Å². The maximum atomic E-state index is 4.62. The molecule has 0 saturated heterocycles. The van der Waals surface area contributed by atoms with Crippen LogP contribution in [-0.2, 0) is 0 Å². The summed E-state index contributed by atoms with van der Waals surface area (Å²) in [6.07, 6.45) is -0.0916. The lowest BCUT2D eigenvalue weighted by molar-refractivity contribution is -0.769. The van der Waals surface area contributed by atoms with Crippen LogP contribution in [0.15, 0.2) is 58.1 Å². The zero-order valence-corrected chi connectivity index (χ0v) is 13.0. The molecule has 1 aromatic heterocycles. The Labute approximate surface area is 134 Å². The molecule has 3 aromatic rings. The first-order chi connectivity index (χ1) is 10.9. The SMILES string of the molecule is C1=NN2C(=Nc3scn[n+]3C2c2cccc3ccccc23)S1. The van der Waals surface area contributed by atoms with Gasteiger partial charge in [0.1, 0.15) is 5.51 Å². The van der Waals surface area contributed by atoms with Gasteiger partial charge in [0, 0.05) is 10.6 Å². The Balaban J connectivity index is 1.80. The molecule has 5 rings (SSSR count). The van der Waals surface area contributed by atoms with E-state index in [2.05, 4.69) is 57.7 Å². The summed E-state index contributed by atoms with van der Waals surface area (Å²) in [5.41, 5.74) is 4.84. The highest BCUT2D eigenvalue weighted by molar-refractivity contribution is 8.25. The molecule has 0 saturated carbocycles. The van der Waals surface area contributed by atoms with Gasteiger partial charge in [0.25, 0.3) is 0 Å². The number of benzene rings is 2. The Morgan fingerprint density at radius 3 is 3.00 bits per heavy atom. The number of rotatable bonds is 1. The van der Waals surface area contributed by atoms with Gasteiger partial charge in [-0.25, -0.2) is 0 Å². The Bertz CT molecular complexity index is 941. The van der Waals surface area contributed by atoms with E-state index in [-0.39, 0.29) is 6.17 Å². The molecule has 5 nitrogen and oxygen atoms in total. The van der Waals surface area contributed by atoms with E-state index in [1.165, 1.54) is 16.3 Å². The molecule has 0 bridgehead atoms. The number of fused-ring (bicyclic) bond motifs is 3. The maximum Gasteiger partial charge on any atom is 0.409 e. The van der Waals surface area contributed by atoms with Crippen molar-refractivity contribution >= 4 is 49.7 Å². The number of thioether (sulfide) groups is 1. The standard InChI is InChI=1S/C15H10N5S2/c1-2-6-11-10(4-1)5-3-7-12(11)13-19-14(21-8-16-19)18-15-20(13)17-9-22-15/h1-9,13H/q+1. The summed E-state index contributed by atoms with van der Waals surface area (Å²) >= 11 is 3.09. The van der Waals surface area contributed by atoms with Crippen molar-refractivity contribution in [3.8, 4) is 0 Å². The molecule has 0 amide bonds. The van der Waals surface area contributed by atoms with Gasteiger partial charge in [0.05, 0.1) is 5.55 Å². The molecule has 0 fully saturated rings. The summed E-state index contributed by atoms with van der Waals surface area (Å²) in [7, 11) is 0. The van der Waals surface area contributed by atoms with Crippen LogP contribution in [0.1, 0.15) is 11.7 Å². The number of hydrazone groups is 1. The van der Waals surface area contributed by atoms with Crippen LogP contribution in [-0.4, -0.2) is 20.8 Å². The average molecular weight is 324 g/mol. The predicted molar refractivity (Wildman–Crippen MR) is 89.4 cm³/mol. The smallest absolute Gasteiger partial charge is 0.170 e. The van der Waals surface area contributed by atoms with Crippen LogP contribution in [0.5, 0.6) is 0 Å². The van der Waals surface area contributed by atoms with E-state index in [1.807, 2.05) is 20.7 Å². The first kappa shape index (κ1) is 12.3. The van der Waals surface area contributed by atoms with Crippen LogP contribution >= 0.6 is 23.1 Å². The number of aromatic nitrogens is 2. The minimum absolute atomic E-state index is 0.0916. The van der Waals surface area contributed by atoms with Gasteiger partial charge >= 0.3 is 10.3 Å². The summed E-state index contributed by atoms with van der Waals surface area (Å²) in [5.74, 6) is 0. The van der Waals surface area contributed by atoms with E-state index >= 15 is 0 Å². The fourth-order valence-corrected chi connectivity index (χ4v) is 4.20. The molecule has 7 heteroatoms. The first-order valence-electron chi connectivity index (χ1n) is 6.82. The third-order valence-corrected chi connectivity index (χ3v) is 5.19. The Morgan fingerprint density at radius 2 is 2.00 bits per heavy atom. The molecular weight excluding hydrogens is 314 g/mol. The number of hydrogen-bond acceptors (Lipinski definition) is 6. The summed E-state index contributed by atoms with van der Waals surface area (Å²) in [5, 5.41) is 15.2. The van der Waals surface area contributed by atoms with Gasteiger partial charge in [-0.3, -0.25) is 0 Å². The number of amidine groups is 1. The number of aliphatic imine (C=N–C) groups is 1. The summed E-state index contributed by atoms with van der Waals surface area (Å²) in [6, 6.07) is 14.8. The van der Waals surface area contributed by atoms with Gasteiger partial charge in [0.2, 0.25) is 6.17 Å². The molecule has 1 atom stereocenters. The molecule has 0 radical (unpaired) electrons. The van der Waals surface area contributed by atoms with Gasteiger partial charge in [-0.05, 0) is 33.9 Å². The zero-order chi connectivity index (χ0) is 14.5. The van der Waals surface area contributed by atoms with Crippen molar-refractivity contribution in [2.45, 2.75) is 6.17 Å². The van der Waals surface area contributed by atoms with E-state index in [9.17, 15) is 0 Å². The van der Waals surface area contributed by atoms with Crippen LogP contribution in [0, 0.1) is 0 Å². The highest BCUT2D eigenvalue weighted by Gasteiger charge is 2.43. The molecule has 2 aliphatic heterocycles. The first-order valence-corrected chi connectivity index (χ1v) is 8.58. The lowest BCUT2D eigenvalue weighted by Crippen LogP contribution is -2.52. The quantitative estimate of drug-likeness (QED) is 0.646. The topological polar surface area (TPSA) is 44.7 Å². The van der Waals surface area contributed by atoms with Crippen molar-refractivity contribution in [3.05, 3.63) is 53.5 Å². The van der Waals surface area contributed by atoms with Crippen LogP contribution in [0.3, 0.4) is 0 Å². The molecule has 1 unspecified atom stereocenters. The highest BCUT2D eigenvalue weighted by atomic mass is 32.2. The van der Waals surface area contributed by atoms with E-state index in [0.29, 0.717) is 0 Å². The fraction of sp³-hybridized carbons (Fsp3) is 0.0667. The summed E-state index contributed by atoms with van der Waals surface area (Å²) in [4.78, 5) is 4.62. The third-order valence-electron chi connectivity index (χ3n) is 3.81. The lowest BCUT2D eigenvalue weighted by Gasteiger charge is -2.24. The van der Waals surface area contributed by atoms with Crippen molar-refractivity contribution in [2.75, 3.05) is 0 Å². The summed E-state index contributed by atoms with van der Waals surface area (Å²) < 4.78 is 1.94. The largest absolute Gasteiger partial charge is 0.409 e. The van der Waals surface area contributed by atoms with Crippen LogP contribution in [0.4, 0.5) is 5.13 Å². The van der Waals surface area contributed by atoms with E-state index < -0.39 is 0 Å². The number of nitrogens with zero attached hydrogens (tertiary/aromatic N) is 5. The molecule has 3 heterocycles. The summed E-state index contributed by atoms with van der Waals surface area (Å²) in [6.45, 7) is 0. The van der Waals surface area contributed by atoms with Crippen molar-refractivity contribution < 1.29 is 4.68 Å². The van der Waals surface area contributed by atoms with Gasteiger partial charge < -0.3 is 0 Å². The molecule has 0 spiro atoms. The Morgan fingerprint density at radius 1 is 1.09 bits per heavy atom. The van der Waals surface area contributed by atoms with Crippen molar-refractivity contribution in [3.63, 3.8) is 0 Å². The second-order valence-electron chi connectivity index (χ2n) is 4.99. The Hall–Kier alpha value is -2.25. The molecule has 106 valence electrons.